The molecule has 100 valence electrons. The summed E-state index contributed by atoms with van der Waals surface area (Å²) < 4.78 is 13.2. The number of hydrogen-bond acceptors (Lipinski definition) is 2. The molecule has 0 atom stereocenters. The molecule has 1 heterocycles. The Bertz CT molecular complexity index is 566. The smallest absolute Gasteiger partial charge is 0.321 e. The number of carbonyl (C=O) groups is 1. The van der Waals surface area contributed by atoms with Crippen LogP contribution in [0, 0.1) is 5.82 Å². The van der Waals surface area contributed by atoms with Crippen LogP contribution in [-0.4, -0.2) is 16.2 Å². The van der Waals surface area contributed by atoms with Gasteiger partial charge in [-0.3, -0.25) is 10.4 Å². The van der Waals surface area contributed by atoms with Gasteiger partial charge < -0.3 is 5.32 Å². The molecular weight excluding hydrogens is 247 g/mol. The van der Waals surface area contributed by atoms with Crippen molar-refractivity contribution in [3.8, 4) is 0 Å². The molecule has 0 fully saturated rings. The van der Waals surface area contributed by atoms with Gasteiger partial charge in [-0.2, -0.15) is 5.10 Å². The van der Waals surface area contributed by atoms with Gasteiger partial charge in [0.15, 0.2) is 0 Å². The maximum atomic E-state index is 13.2. The number of rotatable bonds is 3. The first-order chi connectivity index (χ1) is 8.97. The Labute approximate surface area is 110 Å². The van der Waals surface area contributed by atoms with Gasteiger partial charge in [-0.25, -0.2) is 9.18 Å². The summed E-state index contributed by atoms with van der Waals surface area (Å²) >= 11 is 0. The van der Waals surface area contributed by atoms with Gasteiger partial charge >= 0.3 is 6.03 Å². The van der Waals surface area contributed by atoms with E-state index in [0.717, 1.165) is 0 Å². The SMILES string of the molecule is CC(C)(NC(=O)Nc1ccn[nH]1)c1cccc(F)c1. The van der Waals surface area contributed by atoms with E-state index >= 15 is 0 Å². The second kappa shape index (κ2) is 5.09. The summed E-state index contributed by atoms with van der Waals surface area (Å²) in [7, 11) is 0. The number of benzene rings is 1. The maximum Gasteiger partial charge on any atom is 0.321 e. The summed E-state index contributed by atoms with van der Waals surface area (Å²) in [4.78, 5) is 11.8. The molecule has 0 aliphatic rings. The first-order valence-corrected chi connectivity index (χ1v) is 5.82. The molecule has 1 aromatic heterocycles. The second-order valence-corrected chi connectivity index (χ2v) is 4.68. The van der Waals surface area contributed by atoms with Crippen molar-refractivity contribution in [1.29, 1.82) is 0 Å². The Balaban J connectivity index is 2.06. The van der Waals surface area contributed by atoms with E-state index in [2.05, 4.69) is 20.8 Å². The predicted molar refractivity (Wildman–Crippen MR) is 70.2 cm³/mol. The molecule has 0 radical (unpaired) electrons. The van der Waals surface area contributed by atoms with E-state index < -0.39 is 11.6 Å². The Kier molecular flexibility index (Phi) is 3.50. The Morgan fingerprint density at radius 3 is 2.79 bits per heavy atom. The lowest BCUT2D eigenvalue weighted by Crippen LogP contribution is -2.43. The number of anilines is 1. The first-order valence-electron chi connectivity index (χ1n) is 5.82. The van der Waals surface area contributed by atoms with E-state index in [9.17, 15) is 9.18 Å². The van der Waals surface area contributed by atoms with Crippen LogP contribution in [0.5, 0.6) is 0 Å². The molecule has 2 aromatic rings. The van der Waals surface area contributed by atoms with Crippen molar-refractivity contribution >= 4 is 11.8 Å². The highest BCUT2D eigenvalue weighted by atomic mass is 19.1. The highest BCUT2D eigenvalue weighted by Crippen LogP contribution is 2.20. The molecule has 0 unspecified atom stereocenters. The summed E-state index contributed by atoms with van der Waals surface area (Å²) in [6.45, 7) is 3.60. The van der Waals surface area contributed by atoms with E-state index in [0.29, 0.717) is 11.4 Å². The number of aromatic amines is 1. The molecule has 19 heavy (non-hydrogen) atoms. The number of carbonyl (C=O) groups excluding carboxylic acids is 1. The van der Waals surface area contributed by atoms with Crippen LogP contribution in [0.2, 0.25) is 0 Å². The van der Waals surface area contributed by atoms with E-state index in [1.54, 1.807) is 32.0 Å². The summed E-state index contributed by atoms with van der Waals surface area (Å²) in [5.74, 6) is 0.161. The zero-order valence-corrected chi connectivity index (χ0v) is 10.7. The third kappa shape index (κ3) is 3.31. The molecule has 2 amide bonds. The third-order valence-corrected chi connectivity index (χ3v) is 2.72. The fraction of sp³-hybridized carbons (Fsp3) is 0.231. The standard InChI is InChI=1S/C13H15FN4O/c1-13(2,9-4-3-5-10(14)8-9)17-12(19)16-11-6-7-15-18-11/h3-8H,1-2H3,(H3,15,16,17,18,19). The van der Waals surface area contributed by atoms with Gasteiger partial charge in [0, 0.05) is 6.07 Å². The summed E-state index contributed by atoms with van der Waals surface area (Å²) in [5.41, 5.74) is -0.00101. The lowest BCUT2D eigenvalue weighted by molar-refractivity contribution is 0.241. The molecule has 6 heteroatoms. The minimum atomic E-state index is -0.688. The number of halogens is 1. The quantitative estimate of drug-likeness (QED) is 0.795. The number of amides is 2. The van der Waals surface area contributed by atoms with Gasteiger partial charge in [0.05, 0.1) is 11.7 Å². The normalized spacial score (nSPS) is 11.1. The molecule has 5 nitrogen and oxygen atoms in total. The largest absolute Gasteiger partial charge is 0.329 e. The average Bonchev–Trinajstić information content (AvgIpc) is 2.81. The van der Waals surface area contributed by atoms with Gasteiger partial charge in [0.2, 0.25) is 0 Å². The number of urea groups is 1. The van der Waals surface area contributed by atoms with Crippen LogP contribution in [0.3, 0.4) is 0 Å². The van der Waals surface area contributed by atoms with E-state index in [1.165, 1.54) is 18.3 Å². The maximum absolute atomic E-state index is 13.2. The highest BCUT2D eigenvalue weighted by molar-refractivity contribution is 5.88. The van der Waals surface area contributed by atoms with Crippen LogP contribution >= 0.6 is 0 Å². The topological polar surface area (TPSA) is 69.8 Å². The van der Waals surface area contributed by atoms with Crippen molar-refractivity contribution in [2.45, 2.75) is 19.4 Å². The predicted octanol–water partition coefficient (Wildman–Crippen LogP) is 2.61. The van der Waals surface area contributed by atoms with Crippen LogP contribution in [0.25, 0.3) is 0 Å². The molecule has 1 aromatic carbocycles. The molecule has 0 bridgehead atoms. The Morgan fingerprint density at radius 2 is 2.16 bits per heavy atom. The minimum absolute atomic E-state index is 0.332. The Hall–Kier alpha value is -2.37. The lowest BCUT2D eigenvalue weighted by Gasteiger charge is -2.26. The molecule has 0 aliphatic carbocycles. The number of H-pyrrole nitrogens is 1. The van der Waals surface area contributed by atoms with Crippen LogP contribution in [0.4, 0.5) is 15.0 Å². The number of hydrogen-bond donors (Lipinski definition) is 3. The Morgan fingerprint density at radius 1 is 1.37 bits per heavy atom. The highest BCUT2D eigenvalue weighted by Gasteiger charge is 2.23. The van der Waals surface area contributed by atoms with Gasteiger partial charge in [-0.15, -0.1) is 0 Å². The van der Waals surface area contributed by atoms with E-state index in [4.69, 9.17) is 0 Å². The summed E-state index contributed by atoms with van der Waals surface area (Å²) in [6.07, 6.45) is 1.54. The van der Waals surface area contributed by atoms with Crippen LogP contribution in [0.15, 0.2) is 36.5 Å². The van der Waals surface area contributed by atoms with Crippen molar-refractivity contribution in [1.82, 2.24) is 15.5 Å². The molecule has 2 rings (SSSR count). The fourth-order valence-corrected chi connectivity index (χ4v) is 1.71. The second-order valence-electron chi connectivity index (χ2n) is 4.68. The molecule has 3 N–H and O–H groups in total. The monoisotopic (exact) mass is 262 g/mol. The molecular formula is C13H15FN4O. The van der Waals surface area contributed by atoms with Gasteiger partial charge in [-0.05, 0) is 31.5 Å². The molecule has 0 saturated carbocycles. The summed E-state index contributed by atoms with van der Waals surface area (Å²) in [5, 5.41) is 11.7. The third-order valence-electron chi connectivity index (χ3n) is 2.72. The lowest BCUT2D eigenvalue weighted by atomic mass is 9.94. The van der Waals surface area contributed by atoms with Crippen molar-refractivity contribution in [2.75, 3.05) is 5.32 Å². The minimum Gasteiger partial charge on any atom is -0.329 e. The first kappa shape index (κ1) is 13.1. The van der Waals surface area contributed by atoms with Crippen LogP contribution in [0.1, 0.15) is 19.4 Å². The molecule has 0 saturated heterocycles. The van der Waals surface area contributed by atoms with E-state index in [1.807, 2.05) is 0 Å². The van der Waals surface area contributed by atoms with Crippen LogP contribution < -0.4 is 10.6 Å². The van der Waals surface area contributed by atoms with Gasteiger partial charge in [-0.1, -0.05) is 12.1 Å². The zero-order chi connectivity index (χ0) is 13.9. The number of aromatic nitrogens is 2. The zero-order valence-electron chi connectivity index (χ0n) is 10.7. The average molecular weight is 262 g/mol. The van der Waals surface area contributed by atoms with Crippen molar-refractivity contribution < 1.29 is 9.18 Å². The van der Waals surface area contributed by atoms with Crippen molar-refractivity contribution in [3.05, 3.63) is 47.9 Å². The number of nitrogens with one attached hydrogen (secondary N) is 3. The van der Waals surface area contributed by atoms with Gasteiger partial charge in [0.25, 0.3) is 0 Å². The summed E-state index contributed by atoms with van der Waals surface area (Å²) in [6, 6.07) is 7.38. The fourth-order valence-electron chi connectivity index (χ4n) is 1.71. The van der Waals surface area contributed by atoms with Crippen LogP contribution in [-0.2, 0) is 5.54 Å². The number of nitrogens with zero attached hydrogens (tertiary/aromatic N) is 1. The van der Waals surface area contributed by atoms with Gasteiger partial charge in [0.1, 0.15) is 11.6 Å². The van der Waals surface area contributed by atoms with Crippen molar-refractivity contribution in [3.63, 3.8) is 0 Å². The van der Waals surface area contributed by atoms with Crippen molar-refractivity contribution in [2.24, 2.45) is 0 Å². The van der Waals surface area contributed by atoms with E-state index in [-0.39, 0.29) is 5.82 Å². The molecule has 0 aliphatic heterocycles. The molecule has 0 spiro atoms.